The Morgan fingerprint density at radius 2 is 1.92 bits per heavy atom. The van der Waals surface area contributed by atoms with Crippen LogP contribution in [0.1, 0.15) is 40.5 Å². The van der Waals surface area contributed by atoms with Crippen LogP contribution >= 0.6 is 0 Å². The van der Waals surface area contributed by atoms with Crippen molar-refractivity contribution in [1.82, 2.24) is 4.90 Å². The van der Waals surface area contributed by atoms with Gasteiger partial charge < -0.3 is 0 Å². The number of likely N-dealkylation sites (N-methyl/N-ethyl adjacent to an activating group) is 1. The Kier molecular flexibility index (Phi) is 6.87. The number of carbonyl (C=O) groups excluding carboxylic acids is 1. The van der Waals surface area contributed by atoms with Gasteiger partial charge >= 0.3 is 0 Å². The van der Waals surface area contributed by atoms with Crippen LogP contribution in [0.5, 0.6) is 0 Å². The Morgan fingerprint density at radius 1 is 1.31 bits per heavy atom. The topological polar surface area (TPSA) is 20.3 Å². The average Bonchev–Trinajstić information content (AvgIpc) is 2.16. The van der Waals surface area contributed by atoms with Gasteiger partial charge in [-0.15, -0.1) is 0 Å². The molecule has 1 unspecified atom stereocenters. The molecular weight excluding hydrogens is 162 g/mol. The van der Waals surface area contributed by atoms with E-state index in [4.69, 9.17) is 0 Å². The van der Waals surface area contributed by atoms with E-state index in [9.17, 15) is 4.79 Å². The third-order valence-corrected chi connectivity index (χ3v) is 2.51. The predicted molar refractivity (Wildman–Crippen MR) is 56.9 cm³/mol. The summed E-state index contributed by atoms with van der Waals surface area (Å²) >= 11 is 0. The second-order valence-corrected chi connectivity index (χ2v) is 3.73. The molecule has 13 heavy (non-hydrogen) atoms. The summed E-state index contributed by atoms with van der Waals surface area (Å²) in [6.45, 7) is 11.1. The van der Waals surface area contributed by atoms with E-state index in [1.807, 2.05) is 6.92 Å². The van der Waals surface area contributed by atoms with E-state index in [2.05, 4.69) is 25.7 Å². The number of ketones is 1. The number of rotatable bonds is 7. The molecule has 0 radical (unpaired) electrons. The molecule has 0 amide bonds. The van der Waals surface area contributed by atoms with Crippen molar-refractivity contribution in [3.8, 4) is 0 Å². The normalized spacial score (nSPS) is 13.3. The van der Waals surface area contributed by atoms with Crippen LogP contribution in [0.15, 0.2) is 0 Å². The van der Waals surface area contributed by atoms with E-state index in [0.29, 0.717) is 24.7 Å². The maximum atomic E-state index is 11.2. The summed E-state index contributed by atoms with van der Waals surface area (Å²) in [7, 11) is 0. The van der Waals surface area contributed by atoms with Crippen molar-refractivity contribution in [3.05, 3.63) is 0 Å². The second-order valence-electron chi connectivity index (χ2n) is 3.73. The van der Waals surface area contributed by atoms with Crippen molar-refractivity contribution >= 4 is 5.78 Å². The first-order chi connectivity index (χ1) is 6.13. The first-order valence-corrected chi connectivity index (χ1v) is 5.38. The summed E-state index contributed by atoms with van der Waals surface area (Å²) in [5.74, 6) is 1.05. The van der Waals surface area contributed by atoms with Gasteiger partial charge in [-0.1, -0.05) is 34.1 Å². The Bertz CT molecular complexity index is 145. The lowest BCUT2D eigenvalue weighted by atomic mass is 10.1. The van der Waals surface area contributed by atoms with Crippen LogP contribution in [0.3, 0.4) is 0 Å². The number of carbonyl (C=O) groups is 1. The summed E-state index contributed by atoms with van der Waals surface area (Å²) in [6, 6.07) is 0. The van der Waals surface area contributed by atoms with E-state index in [-0.39, 0.29) is 0 Å². The van der Waals surface area contributed by atoms with Gasteiger partial charge in [0.2, 0.25) is 0 Å². The average molecular weight is 185 g/mol. The third-order valence-electron chi connectivity index (χ3n) is 2.51. The molecule has 0 saturated carbocycles. The van der Waals surface area contributed by atoms with Crippen LogP contribution in [-0.2, 0) is 4.79 Å². The number of nitrogens with zero attached hydrogens (tertiary/aromatic N) is 1. The first-order valence-electron chi connectivity index (χ1n) is 5.38. The lowest BCUT2D eigenvalue weighted by molar-refractivity contribution is -0.120. The van der Waals surface area contributed by atoms with Crippen LogP contribution in [0.25, 0.3) is 0 Å². The summed E-state index contributed by atoms with van der Waals surface area (Å²) in [5.41, 5.74) is 0. The molecule has 0 aliphatic heterocycles. The largest absolute Gasteiger partial charge is 0.298 e. The third kappa shape index (κ3) is 5.81. The molecule has 0 aliphatic rings. The van der Waals surface area contributed by atoms with E-state index in [1.165, 1.54) is 6.42 Å². The minimum absolute atomic E-state index is 0.352. The van der Waals surface area contributed by atoms with Gasteiger partial charge in [0.15, 0.2) is 0 Å². The molecular formula is C11H23NO. The molecule has 2 heteroatoms. The molecule has 2 nitrogen and oxygen atoms in total. The molecule has 0 fully saturated rings. The fourth-order valence-electron chi connectivity index (χ4n) is 1.24. The van der Waals surface area contributed by atoms with Gasteiger partial charge in [0.25, 0.3) is 0 Å². The highest BCUT2D eigenvalue weighted by Gasteiger charge is 2.09. The molecule has 0 aromatic rings. The summed E-state index contributed by atoms with van der Waals surface area (Å²) in [4.78, 5) is 13.4. The molecule has 0 rings (SSSR count). The first kappa shape index (κ1) is 12.6. The molecule has 0 spiro atoms. The predicted octanol–water partition coefficient (Wildman–Crippen LogP) is 2.33. The molecule has 0 aromatic carbocycles. The van der Waals surface area contributed by atoms with Crippen molar-refractivity contribution in [3.63, 3.8) is 0 Å². The van der Waals surface area contributed by atoms with Gasteiger partial charge in [-0.3, -0.25) is 9.69 Å². The van der Waals surface area contributed by atoms with E-state index in [1.54, 1.807) is 0 Å². The maximum Gasteiger partial charge on any atom is 0.146 e. The van der Waals surface area contributed by atoms with Crippen LogP contribution in [0, 0.1) is 5.92 Å². The molecule has 0 saturated heterocycles. The molecule has 1 atom stereocenters. The maximum absolute atomic E-state index is 11.2. The molecule has 0 N–H and O–H groups in total. The number of hydrogen-bond acceptors (Lipinski definition) is 2. The van der Waals surface area contributed by atoms with Gasteiger partial charge in [0.1, 0.15) is 5.78 Å². The molecule has 0 aromatic heterocycles. The smallest absolute Gasteiger partial charge is 0.146 e. The van der Waals surface area contributed by atoms with Gasteiger partial charge in [-0.2, -0.15) is 0 Å². The summed E-state index contributed by atoms with van der Waals surface area (Å²) in [6.07, 6.45) is 1.85. The van der Waals surface area contributed by atoms with Crippen molar-refractivity contribution in [1.29, 1.82) is 0 Å². The van der Waals surface area contributed by atoms with E-state index in [0.717, 1.165) is 13.1 Å². The zero-order valence-corrected chi connectivity index (χ0v) is 9.47. The van der Waals surface area contributed by atoms with Crippen LogP contribution in [0.2, 0.25) is 0 Å². The highest BCUT2D eigenvalue weighted by Crippen LogP contribution is 2.04. The van der Waals surface area contributed by atoms with Gasteiger partial charge in [-0.25, -0.2) is 0 Å². The van der Waals surface area contributed by atoms with Gasteiger partial charge in [-0.05, 0) is 12.5 Å². The fraction of sp³-hybridized carbons (Fsp3) is 0.909. The molecule has 0 bridgehead atoms. The molecule has 0 aliphatic carbocycles. The Balaban J connectivity index is 3.81. The summed E-state index contributed by atoms with van der Waals surface area (Å²) in [5, 5.41) is 0. The Hall–Kier alpha value is -0.370. The van der Waals surface area contributed by atoms with Crippen LogP contribution < -0.4 is 0 Å². The zero-order valence-electron chi connectivity index (χ0n) is 9.47. The van der Waals surface area contributed by atoms with Gasteiger partial charge in [0.05, 0.1) is 6.54 Å². The highest BCUT2D eigenvalue weighted by molar-refractivity contribution is 5.80. The van der Waals surface area contributed by atoms with Crippen molar-refractivity contribution in [2.24, 2.45) is 5.92 Å². The Labute approximate surface area is 82.3 Å². The summed E-state index contributed by atoms with van der Waals surface area (Å²) < 4.78 is 0. The van der Waals surface area contributed by atoms with Crippen molar-refractivity contribution < 1.29 is 4.79 Å². The number of Topliss-reactive ketones (excluding diaryl/α,β-unsaturated/α-hetero) is 1. The lowest BCUT2D eigenvalue weighted by Gasteiger charge is -2.22. The number of hydrogen-bond donors (Lipinski definition) is 0. The zero-order chi connectivity index (χ0) is 10.3. The van der Waals surface area contributed by atoms with E-state index >= 15 is 0 Å². The minimum atomic E-state index is 0.352. The Morgan fingerprint density at radius 3 is 2.31 bits per heavy atom. The van der Waals surface area contributed by atoms with Crippen molar-refractivity contribution in [2.75, 3.05) is 19.6 Å². The molecule has 0 heterocycles. The van der Waals surface area contributed by atoms with Crippen molar-refractivity contribution in [2.45, 2.75) is 40.5 Å². The standard InChI is InChI=1S/C11H23NO/c1-5-10(4)8-12(7-3)9-11(13)6-2/h10H,5-9H2,1-4H3. The van der Waals surface area contributed by atoms with E-state index < -0.39 is 0 Å². The highest BCUT2D eigenvalue weighted by atomic mass is 16.1. The quantitative estimate of drug-likeness (QED) is 0.606. The van der Waals surface area contributed by atoms with Crippen LogP contribution in [-0.4, -0.2) is 30.3 Å². The monoisotopic (exact) mass is 185 g/mol. The fourth-order valence-corrected chi connectivity index (χ4v) is 1.24. The molecule has 78 valence electrons. The lowest BCUT2D eigenvalue weighted by Crippen LogP contribution is -2.33. The van der Waals surface area contributed by atoms with Crippen LogP contribution in [0.4, 0.5) is 0 Å². The SMILES string of the molecule is CCC(=O)CN(CC)CC(C)CC. The van der Waals surface area contributed by atoms with Gasteiger partial charge in [0, 0.05) is 13.0 Å². The second kappa shape index (κ2) is 7.07. The minimum Gasteiger partial charge on any atom is -0.298 e.